The Labute approximate surface area is 179 Å². The number of nitrogens with one attached hydrogen (secondary N) is 2. The fraction of sp³-hybridized carbons (Fsp3) is 0.120. The van der Waals surface area contributed by atoms with Crippen molar-refractivity contribution in [3.8, 4) is 11.3 Å². The van der Waals surface area contributed by atoms with Crippen molar-refractivity contribution in [3.63, 3.8) is 0 Å². The molecule has 0 bridgehead atoms. The predicted octanol–water partition coefficient (Wildman–Crippen LogP) is 5.19. The van der Waals surface area contributed by atoms with Gasteiger partial charge >= 0.3 is 0 Å². The van der Waals surface area contributed by atoms with Gasteiger partial charge in [-0.2, -0.15) is 0 Å². The van der Waals surface area contributed by atoms with Crippen LogP contribution < -0.4 is 10.9 Å². The van der Waals surface area contributed by atoms with E-state index >= 15 is 0 Å². The van der Waals surface area contributed by atoms with Gasteiger partial charge in [0.05, 0.1) is 6.04 Å². The molecule has 150 valence electrons. The standard InChI is InChI=1S/C25H22N2O2S/c1-2-17-10-12-19(13-11-17)23(22-9-6-16-30-22)27-25(29)20-14-15-21(26-24(20)28)18-7-4-3-5-8-18/h3-16,23H,2H2,1H3,(H,26,28)(H,27,29). The molecule has 30 heavy (non-hydrogen) atoms. The van der Waals surface area contributed by atoms with Gasteiger partial charge in [0.25, 0.3) is 11.5 Å². The minimum Gasteiger partial charge on any atom is -0.340 e. The first-order valence-electron chi connectivity index (χ1n) is 9.87. The highest BCUT2D eigenvalue weighted by atomic mass is 32.1. The Morgan fingerprint density at radius 3 is 2.37 bits per heavy atom. The molecule has 4 nitrogen and oxygen atoms in total. The topological polar surface area (TPSA) is 62.0 Å². The second-order valence-electron chi connectivity index (χ2n) is 7.00. The summed E-state index contributed by atoms with van der Waals surface area (Å²) in [6.45, 7) is 2.11. The smallest absolute Gasteiger partial charge is 0.261 e. The molecule has 1 amide bonds. The fourth-order valence-corrected chi connectivity index (χ4v) is 4.17. The first-order chi connectivity index (χ1) is 14.7. The number of benzene rings is 2. The molecule has 2 heterocycles. The number of hydrogen-bond donors (Lipinski definition) is 2. The lowest BCUT2D eigenvalue weighted by Crippen LogP contribution is -2.33. The van der Waals surface area contributed by atoms with Gasteiger partial charge in [-0.05, 0) is 46.7 Å². The number of carbonyl (C=O) groups excluding carboxylic acids is 1. The zero-order valence-corrected chi connectivity index (χ0v) is 17.4. The lowest BCUT2D eigenvalue weighted by atomic mass is 10.0. The van der Waals surface area contributed by atoms with Crippen LogP contribution in [0.5, 0.6) is 0 Å². The monoisotopic (exact) mass is 414 g/mol. The van der Waals surface area contributed by atoms with E-state index in [1.54, 1.807) is 23.5 Å². The van der Waals surface area contributed by atoms with Crippen LogP contribution in [0.3, 0.4) is 0 Å². The fourth-order valence-electron chi connectivity index (χ4n) is 3.37. The molecule has 5 heteroatoms. The van der Waals surface area contributed by atoms with Crippen LogP contribution in [-0.2, 0) is 6.42 Å². The largest absolute Gasteiger partial charge is 0.340 e. The summed E-state index contributed by atoms with van der Waals surface area (Å²) in [6, 6.07) is 24.8. The van der Waals surface area contributed by atoms with Crippen molar-refractivity contribution in [3.05, 3.63) is 116 Å². The summed E-state index contributed by atoms with van der Waals surface area (Å²) in [4.78, 5) is 29.5. The molecule has 0 aliphatic rings. The van der Waals surface area contributed by atoms with E-state index < -0.39 is 11.5 Å². The van der Waals surface area contributed by atoms with Crippen molar-refractivity contribution in [1.82, 2.24) is 10.3 Å². The number of thiophene rings is 1. The summed E-state index contributed by atoms with van der Waals surface area (Å²) in [5, 5.41) is 5.02. The van der Waals surface area contributed by atoms with Crippen molar-refractivity contribution >= 4 is 17.2 Å². The first kappa shape index (κ1) is 19.9. The normalized spacial score (nSPS) is 11.8. The molecule has 0 spiro atoms. The molecule has 0 radical (unpaired) electrons. The third-order valence-corrected chi connectivity index (χ3v) is 6.00. The number of hydrogen-bond acceptors (Lipinski definition) is 3. The van der Waals surface area contributed by atoms with Crippen LogP contribution in [0.15, 0.2) is 89.0 Å². The van der Waals surface area contributed by atoms with Crippen LogP contribution in [-0.4, -0.2) is 10.9 Å². The molecule has 2 aromatic carbocycles. The van der Waals surface area contributed by atoms with Crippen molar-refractivity contribution in [2.45, 2.75) is 19.4 Å². The summed E-state index contributed by atoms with van der Waals surface area (Å²) >= 11 is 1.58. The third kappa shape index (κ3) is 4.26. The van der Waals surface area contributed by atoms with Gasteiger partial charge in [0.2, 0.25) is 0 Å². The van der Waals surface area contributed by atoms with Gasteiger partial charge in [0.1, 0.15) is 5.56 Å². The van der Waals surface area contributed by atoms with E-state index in [0.717, 1.165) is 22.4 Å². The van der Waals surface area contributed by atoms with E-state index in [0.29, 0.717) is 5.69 Å². The molecule has 0 saturated heterocycles. The first-order valence-corrected chi connectivity index (χ1v) is 10.8. The number of amides is 1. The Hall–Kier alpha value is -3.44. The van der Waals surface area contributed by atoms with E-state index in [-0.39, 0.29) is 11.6 Å². The van der Waals surface area contributed by atoms with Crippen LogP contribution in [0.4, 0.5) is 0 Å². The molecule has 0 fully saturated rings. The Balaban J connectivity index is 1.62. The van der Waals surface area contributed by atoms with Crippen molar-refractivity contribution in [2.24, 2.45) is 0 Å². The second-order valence-corrected chi connectivity index (χ2v) is 7.98. The maximum Gasteiger partial charge on any atom is 0.261 e. The molecular formula is C25H22N2O2S. The second kappa shape index (κ2) is 8.93. The molecule has 2 N–H and O–H groups in total. The van der Waals surface area contributed by atoms with E-state index in [1.165, 1.54) is 5.56 Å². The Bertz CT molecular complexity index is 1180. The molecule has 4 rings (SSSR count). The molecule has 2 aromatic heterocycles. The number of aromatic amines is 1. The van der Waals surface area contributed by atoms with Crippen LogP contribution in [0.25, 0.3) is 11.3 Å². The van der Waals surface area contributed by atoms with Crippen molar-refractivity contribution < 1.29 is 4.79 Å². The quantitative estimate of drug-likeness (QED) is 0.456. The van der Waals surface area contributed by atoms with Gasteiger partial charge in [-0.25, -0.2) is 0 Å². The third-order valence-electron chi connectivity index (χ3n) is 5.06. The SMILES string of the molecule is CCc1ccc(C(NC(=O)c2ccc(-c3ccccc3)[nH]c2=O)c2cccs2)cc1. The maximum atomic E-state index is 13.0. The van der Waals surface area contributed by atoms with E-state index in [2.05, 4.69) is 29.4 Å². The minimum atomic E-state index is -0.403. The van der Waals surface area contributed by atoms with Gasteiger partial charge in [-0.15, -0.1) is 11.3 Å². The molecule has 0 aliphatic heterocycles. The molecular weight excluding hydrogens is 392 g/mol. The zero-order chi connectivity index (χ0) is 20.9. The highest BCUT2D eigenvalue weighted by molar-refractivity contribution is 7.10. The Kier molecular flexibility index (Phi) is 5.91. The molecule has 1 unspecified atom stereocenters. The van der Waals surface area contributed by atoms with Crippen molar-refractivity contribution in [1.29, 1.82) is 0 Å². The number of carbonyl (C=O) groups is 1. The lowest BCUT2D eigenvalue weighted by Gasteiger charge is -2.18. The number of rotatable bonds is 6. The number of H-pyrrole nitrogens is 1. The maximum absolute atomic E-state index is 13.0. The highest BCUT2D eigenvalue weighted by Gasteiger charge is 2.20. The lowest BCUT2D eigenvalue weighted by molar-refractivity contribution is 0.0942. The summed E-state index contributed by atoms with van der Waals surface area (Å²) in [6.07, 6.45) is 0.958. The van der Waals surface area contributed by atoms with E-state index in [9.17, 15) is 9.59 Å². The molecule has 0 saturated carbocycles. The Morgan fingerprint density at radius 1 is 0.967 bits per heavy atom. The van der Waals surface area contributed by atoms with Gasteiger partial charge in [-0.3, -0.25) is 9.59 Å². The number of pyridine rings is 1. The minimum absolute atomic E-state index is 0.0985. The Morgan fingerprint density at radius 2 is 1.73 bits per heavy atom. The van der Waals surface area contributed by atoms with Gasteiger partial charge in [-0.1, -0.05) is 67.6 Å². The average molecular weight is 415 g/mol. The van der Waals surface area contributed by atoms with Crippen LogP contribution in [0.2, 0.25) is 0 Å². The van der Waals surface area contributed by atoms with Gasteiger partial charge in [0, 0.05) is 10.6 Å². The highest BCUT2D eigenvalue weighted by Crippen LogP contribution is 2.27. The zero-order valence-electron chi connectivity index (χ0n) is 16.6. The van der Waals surface area contributed by atoms with E-state index in [1.807, 2.05) is 60.0 Å². The summed E-state index contributed by atoms with van der Waals surface area (Å²) in [5.41, 5.74) is 3.50. The van der Waals surface area contributed by atoms with Gasteiger partial charge in [0.15, 0.2) is 0 Å². The molecule has 0 aliphatic carbocycles. The van der Waals surface area contributed by atoms with Crippen LogP contribution in [0.1, 0.15) is 39.3 Å². The predicted molar refractivity (Wildman–Crippen MR) is 122 cm³/mol. The number of aryl methyl sites for hydroxylation is 1. The molecule has 4 aromatic rings. The summed E-state index contributed by atoms with van der Waals surface area (Å²) in [7, 11) is 0. The summed E-state index contributed by atoms with van der Waals surface area (Å²) < 4.78 is 0. The van der Waals surface area contributed by atoms with Crippen LogP contribution in [0, 0.1) is 0 Å². The van der Waals surface area contributed by atoms with E-state index in [4.69, 9.17) is 0 Å². The number of aromatic nitrogens is 1. The van der Waals surface area contributed by atoms with Gasteiger partial charge < -0.3 is 10.3 Å². The summed E-state index contributed by atoms with van der Waals surface area (Å²) in [5.74, 6) is -0.395. The van der Waals surface area contributed by atoms with Crippen molar-refractivity contribution in [2.75, 3.05) is 0 Å². The molecule has 1 atom stereocenters. The average Bonchev–Trinajstić information content (AvgIpc) is 3.32. The van der Waals surface area contributed by atoms with Crippen LogP contribution >= 0.6 is 11.3 Å².